The first-order valence-corrected chi connectivity index (χ1v) is 7.62. The zero-order chi connectivity index (χ0) is 15.4. The van der Waals surface area contributed by atoms with Gasteiger partial charge in [0.2, 0.25) is 5.91 Å². The Morgan fingerprint density at radius 1 is 1.19 bits per heavy atom. The summed E-state index contributed by atoms with van der Waals surface area (Å²) in [4.78, 5) is 23.3. The number of amides is 2. The van der Waals surface area contributed by atoms with Gasteiger partial charge < -0.3 is 10.6 Å². The molecule has 1 aromatic carbocycles. The normalized spacial score (nSPS) is 10.2. The second-order valence-corrected chi connectivity index (χ2v) is 6.52. The van der Waals surface area contributed by atoms with E-state index in [0.717, 1.165) is 16.9 Å². The van der Waals surface area contributed by atoms with Crippen LogP contribution >= 0.6 is 34.5 Å². The average Bonchev–Trinajstić information content (AvgIpc) is 2.80. The van der Waals surface area contributed by atoms with Gasteiger partial charge in [-0.05, 0) is 23.8 Å². The summed E-state index contributed by atoms with van der Waals surface area (Å²) < 4.78 is 0.819. The number of thiophene rings is 1. The van der Waals surface area contributed by atoms with Crippen molar-refractivity contribution in [1.29, 1.82) is 0 Å². The van der Waals surface area contributed by atoms with E-state index in [4.69, 9.17) is 23.2 Å². The van der Waals surface area contributed by atoms with E-state index in [9.17, 15) is 9.59 Å². The van der Waals surface area contributed by atoms with E-state index < -0.39 is 0 Å². The molecule has 0 unspecified atom stereocenters. The van der Waals surface area contributed by atoms with Gasteiger partial charge in [-0.2, -0.15) is 0 Å². The van der Waals surface area contributed by atoms with Crippen molar-refractivity contribution in [3.63, 3.8) is 0 Å². The number of anilines is 1. The molecule has 0 saturated heterocycles. The molecule has 2 aromatic rings. The second kappa shape index (κ2) is 6.93. The molecule has 0 radical (unpaired) electrons. The van der Waals surface area contributed by atoms with Gasteiger partial charge in [-0.15, -0.1) is 11.3 Å². The van der Waals surface area contributed by atoms with Crippen LogP contribution in [0, 0.1) is 0 Å². The fraction of sp³-hybridized carbons (Fsp3) is 0.143. The summed E-state index contributed by atoms with van der Waals surface area (Å²) in [5, 5.41) is 5.29. The Hall–Kier alpha value is -1.56. The van der Waals surface area contributed by atoms with Crippen LogP contribution in [0.25, 0.3) is 0 Å². The van der Waals surface area contributed by atoms with Gasteiger partial charge in [-0.3, -0.25) is 9.59 Å². The molecule has 0 atom stereocenters. The molecule has 0 aliphatic heterocycles. The van der Waals surface area contributed by atoms with Gasteiger partial charge in [0.25, 0.3) is 5.91 Å². The number of hydrogen-bond donors (Lipinski definition) is 2. The Labute approximate surface area is 136 Å². The van der Waals surface area contributed by atoms with E-state index in [0.29, 0.717) is 26.3 Å². The third-order valence-corrected chi connectivity index (χ3v) is 4.24. The van der Waals surface area contributed by atoms with Crippen molar-refractivity contribution in [3.8, 4) is 0 Å². The Bertz CT molecular complexity index is 668. The molecule has 110 valence electrons. The van der Waals surface area contributed by atoms with Crippen molar-refractivity contribution in [3.05, 3.63) is 50.1 Å². The zero-order valence-electron chi connectivity index (χ0n) is 11.1. The number of nitrogens with one attached hydrogen (secondary N) is 2. The number of hydrogen-bond acceptors (Lipinski definition) is 3. The van der Waals surface area contributed by atoms with Crippen LogP contribution in [0.15, 0.2) is 30.3 Å². The maximum absolute atomic E-state index is 12.0. The summed E-state index contributed by atoms with van der Waals surface area (Å²) in [5.74, 6) is -0.381. The SMILES string of the molecule is CNC(=O)Cc1ccc(NC(=O)c2cc(Cl)sc2Cl)cc1. The Morgan fingerprint density at radius 3 is 2.38 bits per heavy atom. The van der Waals surface area contributed by atoms with Crippen molar-refractivity contribution >= 4 is 52.0 Å². The fourth-order valence-corrected chi connectivity index (χ4v) is 3.13. The maximum Gasteiger partial charge on any atom is 0.258 e. The molecule has 0 bridgehead atoms. The lowest BCUT2D eigenvalue weighted by Gasteiger charge is -2.06. The highest BCUT2D eigenvalue weighted by molar-refractivity contribution is 7.20. The van der Waals surface area contributed by atoms with E-state index >= 15 is 0 Å². The van der Waals surface area contributed by atoms with Crippen molar-refractivity contribution in [1.82, 2.24) is 5.32 Å². The van der Waals surface area contributed by atoms with E-state index in [1.807, 2.05) is 0 Å². The van der Waals surface area contributed by atoms with Gasteiger partial charge in [0.15, 0.2) is 0 Å². The molecule has 21 heavy (non-hydrogen) atoms. The van der Waals surface area contributed by atoms with Gasteiger partial charge in [-0.1, -0.05) is 35.3 Å². The minimum Gasteiger partial charge on any atom is -0.359 e. The van der Waals surface area contributed by atoms with Crippen molar-refractivity contribution in [2.45, 2.75) is 6.42 Å². The first kappa shape index (κ1) is 15.8. The number of benzene rings is 1. The molecular weight excluding hydrogens is 331 g/mol. The van der Waals surface area contributed by atoms with Gasteiger partial charge in [0.05, 0.1) is 16.3 Å². The van der Waals surface area contributed by atoms with Crippen LogP contribution in [-0.2, 0) is 11.2 Å². The van der Waals surface area contributed by atoms with Crippen LogP contribution in [0.3, 0.4) is 0 Å². The van der Waals surface area contributed by atoms with Crippen LogP contribution < -0.4 is 10.6 Å². The quantitative estimate of drug-likeness (QED) is 0.891. The summed E-state index contributed by atoms with van der Waals surface area (Å²) in [6, 6.07) is 8.57. The molecule has 1 aromatic heterocycles. The standard InChI is InChI=1S/C14H12Cl2N2O2S/c1-17-12(19)6-8-2-4-9(5-3-8)18-14(20)10-7-11(15)21-13(10)16/h2-5,7H,6H2,1H3,(H,17,19)(H,18,20). The minimum atomic E-state index is -0.317. The summed E-state index contributed by atoms with van der Waals surface area (Å²) >= 11 is 12.9. The molecule has 1 heterocycles. The van der Waals surface area contributed by atoms with Gasteiger partial charge in [-0.25, -0.2) is 0 Å². The van der Waals surface area contributed by atoms with Crippen LogP contribution in [-0.4, -0.2) is 18.9 Å². The maximum atomic E-state index is 12.0. The molecular formula is C14H12Cl2N2O2S. The summed E-state index contributed by atoms with van der Waals surface area (Å²) in [6.45, 7) is 0. The lowest BCUT2D eigenvalue weighted by Crippen LogP contribution is -2.19. The molecule has 7 heteroatoms. The Balaban J connectivity index is 2.05. The van der Waals surface area contributed by atoms with E-state index in [-0.39, 0.29) is 11.8 Å². The molecule has 2 amide bonds. The highest BCUT2D eigenvalue weighted by Crippen LogP contribution is 2.31. The van der Waals surface area contributed by atoms with E-state index in [1.165, 1.54) is 6.07 Å². The number of likely N-dealkylation sites (N-methyl/N-ethyl adjacent to an activating group) is 1. The predicted molar refractivity (Wildman–Crippen MR) is 86.5 cm³/mol. The molecule has 4 nitrogen and oxygen atoms in total. The molecule has 0 aliphatic carbocycles. The van der Waals surface area contributed by atoms with Crippen LogP contribution in [0.4, 0.5) is 5.69 Å². The molecule has 2 rings (SSSR count). The largest absolute Gasteiger partial charge is 0.359 e. The summed E-state index contributed by atoms with van der Waals surface area (Å²) in [7, 11) is 1.59. The van der Waals surface area contributed by atoms with Crippen LogP contribution in [0.5, 0.6) is 0 Å². The summed E-state index contributed by atoms with van der Waals surface area (Å²) in [6.07, 6.45) is 0.302. The lowest BCUT2D eigenvalue weighted by molar-refractivity contribution is -0.119. The lowest BCUT2D eigenvalue weighted by atomic mass is 10.1. The Morgan fingerprint density at radius 2 is 1.86 bits per heavy atom. The Kier molecular flexibility index (Phi) is 5.22. The van der Waals surface area contributed by atoms with Crippen molar-refractivity contribution in [2.75, 3.05) is 12.4 Å². The fourth-order valence-electron chi connectivity index (χ4n) is 1.67. The topological polar surface area (TPSA) is 58.2 Å². The van der Waals surface area contributed by atoms with Crippen LogP contribution in [0.2, 0.25) is 8.67 Å². The van der Waals surface area contributed by atoms with Gasteiger partial charge >= 0.3 is 0 Å². The van der Waals surface area contributed by atoms with E-state index in [2.05, 4.69) is 10.6 Å². The molecule has 0 aliphatic rings. The smallest absolute Gasteiger partial charge is 0.258 e. The predicted octanol–water partition coefficient (Wildman–Crippen LogP) is 3.60. The molecule has 0 spiro atoms. The highest BCUT2D eigenvalue weighted by Gasteiger charge is 2.14. The van der Waals surface area contributed by atoms with Crippen molar-refractivity contribution in [2.24, 2.45) is 0 Å². The van der Waals surface area contributed by atoms with Gasteiger partial charge in [0.1, 0.15) is 4.34 Å². The van der Waals surface area contributed by atoms with Crippen molar-refractivity contribution < 1.29 is 9.59 Å². The average molecular weight is 343 g/mol. The van der Waals surface area contributed by atoms with E-state index in [1.54, 1.807) is 31.3 Å². The minimum absolute atomic E-state index is 0.0634. The third kappa shape index (κ3) is 4.20. The first-order valence-electron chi connectivity index (χ1n) is 6.05. The first-order chi connectivity index (χ1) is 9.99. The second-order valence-electron chi connectivity index (χ2n) is 4.24. The number of rotatable bonds is 4. The molecule has 0 fully saturated rings. The molecule has 2 N–H and O–H groups in total. The van der Waals surface area contributed by atoms with Gasteiger partial charge in [0, 0.05) is 12.7 Å². The number of carbonyl (C=O) groups is 2. The molecule has 0 saturated carbocycles. The monoisotopic (exact) mass is 342 g/mol. The zero-order valence-corrected chi connectivity index (χ0v) is 13.4. The highest BCUT2D eigenvalue weighted by atomic mass is 35.5. The number of carbonyl (C=O) groups excluding carboxylic acids is 2. The van der Waals surface area contributed by atoms with Crippen LogP contribution in [0.1, 0.15) is 15.9 Å². The number of halogens is 2. The third-order valence-electron chi connectivity index (χ3n) is 2.76. The summed E-state index contributed by atoms with van der Waals surface area (Å²) in [5.41, 5.74) is 1.84.